The van der Waals surface area contributed by atoms with E-state index in [1.54, 1.807) is 30.3 Å². The second-order valence-corrected chi connectivity index (χ2v) is 8.53. The number of nitrogens with zero attached hydrogens (tertiary/aromatic N) is 3. The van der Waals surface area contributed by atoms with Crippen molar-refractivity contribution in [2.75, 3.05) is 11.5 Å². The molecular weight excluding hydrogens is 456 g/mol. The van der Waals surface area contributed by atoms with E-state index >= 15 is 0 Å². The summed E-state index contributed by atoms with van der Waals surface area (Å²) in [4.78, 5) is 45.1. The van der Waals surface area contributed by atoms with Crippen molar-refractivity contribution in [3.63, 3.8) is 0 Å². The summed E-state index contributed by atoms with van der Waals surface area (Å²) in [6, 6.07) is 18.8. The molecule has 3 amide bonds. The Labute approximate surface area is 208 Å². The highest BCUT2D eigenvalue weighted by Crippen LogP contribution is 2.30. The second-order valence-electron chi connectivity index (χ2n) is 8.53. The van der Waals surface area contributed by atoms with Gasteiger partial charge >= 0.3 is 0 Å². The molecule has 0 fully saturated rings. The Morgan fingerprint density at radius 3 is 2.42 bits per heavy atom. The Morgan fingerprint density at radius 1 is 0.972 bits per heavy atom. The molecule has 1 unspecified atom stereocenters. The lowest BCUT2D eigenvalue weighted by molar-refractivity contribution is 0.0921. The molecule has 0 radical (unpaired) electrons. The molecule has 3 aromatic carbocycles. The molecule has 0 saturated carbocycles. The SMILES string of the molecule is CCOc1ccc(N2C(=O)c3ccc(C(=O)NC(C)c4nc5ccccc5n4CC)cc3C2=O)cc1. The number of amides is 3. The van der Waals surface area contributed by atoms with Crippen molar-refractivity contribution in [1.82, 2.24) is 14.9 Å². The predicted molar refractivity (Wildman–Crippen MR) is 136 cm³/mol. The number of rotatable bonds is 7. The van der Waals surface area contributed by atoms with E-state index < -0.39 is 11.8 Å². The quantitative estimate of drug-likeness (QED) is 0.384. The van der Waals surface area contributed by atoms with Crippen molar-refractivity contribution in [3.8, 4) is 5.75 Å². The normalized spacial score (nSPS) is 13.7. The number of anilines is 1. The topological polar surface area (TPSA) is 93.5 Å². The van der Waals surface area contributed by atoms with E-state index in [0.29, 0.717) is 30.2 Å². The third kappa shape index (κ3) is 3.90. The highest BCUT2D eigenvalue weighted by Gasteiger charge is 2.37. The zero-order valence-electron chi connectivity index (χ0n) is 20.3. The fourth-order valence-electron chi connectivity index (χ4n) is 4.58. The molecule has 2 heterocycles. The molecule has 5 rings (SSSR count). The van der Waals surface area contributed by atoms with Crippen LogP contribution < -0.4 is 15.0 Å². The van der Waals surface area contributed by atoms with Gasteiger partial charge in [-0.05, 0) is 75.4 Å². The second kappa shape index (κ2) is 9.30. The lowest BCUT2D eigenvalue weighted by Crippen LogP contribution is -2.29. The number of hydrogen-bond acceptors (Lipinski definition) is 5. The molecule has 0 saturated heterocycles. The fraction of sp³-hybridized carbons (Fsp3) is 0.214. The number of para-hydroxylation sites is 2. The van der Waals surface area contributed by atoms with Crippen LogP contribution >= 0.6 is 0 Å². The van der Waals surface area contributed by atoms with Gasteiger partial charge < -0.3 is 14.6 Å². The molecule has 1 atom stereocenters. The molecule has 0 aliphatic carbocycles. The van der Waals surface area contributed by atoms with E-state index in [0.717, 1.165) is 21.8 Å². The molecule has 8 nitrogen and oxygen atoms in total. The lowest BCUT2D eigenvalue weighted by Gasteiger charge is -2.15. The van der Waals surface area contributed by atoms with Crippen LogP contribution in [0.4, 0.5) is 5.69 Å². The molecule has 0 bridgehead atoms. The van der Waals surface area contributed by atoms with Crippen LogP contribution in [0.3, 0.4) is 0 Å². The molecule has 0 spiro atoms. The van der Waals surface area contributed by atoms with Crippen molar-refractivity contribution in [1.29, 1.82) is 0 Å². The van der Waals surface area contributed by atoms with Crippen LogP contribution in [0.1, 0.15) is 63.7 Å². The van der Waals surface area contributed by atoms with Gasteiger partial charge in [-0.2, -0.15) is 0 Å². The molecule has 8 heteroatoms. The van der Waals surface area contributed by atoms with Gasteiger partial charge in [-0.15, -0.1) is 0 Å². The van der Waals surface area contributed by atoms with Crippen LogP contribution in [0, 0.1) is 0 Å². The zero-order chi connectivity index (χ0) is 25.4. The number of carbonyl (C=O) groups is 3. The van der Waals surface area contributed by atoms with Crippen molar-refractivity contribution in [2.24, 2.45) is 0 Å². The van der Waals surface area contributed by atoms with Gasteiger partial charge in [-0.25, -0.2) is 9.88 Å². The number of benzene rings is 3. The standard InChI is InChI=1S/C28H26N4O4/c1-4-31-24-9-7-6-8-23(24)30-25(31)17(3)29-26(33)18-10-15-21-22(16-18)28(35)32(27(21)34)19-11-13-20(14-12-19)36-5-2/h6-17H,4-5H2,1-3H3,(H,29,33). The average molecular weight is 483 g/mol. The summed E-state index contributed by atoms with van der Waals surface area (Å²) < 4.78 is 7.51. The first-order valence-electron chi connectivity index (χ1n) is 11.9. The first kappa shape index (κ1) is 23.3. The van der Waals surface area contributed by atoms with Gasteiger partial charge in [0.05, 0.1) is 40.5 Å². The van der Waals surface area contributed by atoms with Gasteiger partial charge in [0, 0.05) is 12.1 Å². The molecule has 1 aliphatic rings. The Balaban J connectivity index is 1.38. The Morgan fingerprint density at radius 2 is 1.69 bits per heavy atom. The number of ether oxygens (including phenoxy) is 1. The van der Waals surface area contributed by atoms with Crippen molar-refractivity contribution in [3.05, 3.63) is 89.2 Å². The number of aryl methyl sites for hydroxylation is 1. The van der Waals surface area contributed by atoms with Gasteiger partial charge in [0.2, 0.25) is 0 Å². The summed E-state index contributed by atoms with van der Waals surface area (Å²) in [5.74, 6) is 0.175. The molecule has 182 valence electrons. The highest BCUT2D eigenvalue weighted by atomic mass is 16.5. The summed E-state index contributed by atoms with van der Waals surface area (Å²) >= 11 is 0. The third-order valence-corrected chi connectivity index (χ3v) is 6.29. The minimum Gasteiger partial charge on any atom is -0.494 e. The molecule has 1 N–H and O–H groups in total. The minimum atomic E-state index is -0.463. The number of nitrogens with one attached hydrogen (secondary N) is 1. The summed E-state index contributed by atoms with van der Waals surface area (Å²) in [5, 5.41) is 2.98. The summed E-state index contributed by atoms with van der Waals surface area (Å²) in [5.41, 5.74) is 3.09. The fourth-order valence-corrected chi connectivity index (χ4v) is 4.58. The maximum Gasteiger partial charge on any atom is 0.266 e. The first-order chi connectivity index (χ1) is 17.4. The van der Waals surface area contributed by atoms with Crippen molar-refractivity contribution < 1.29 is 19.1 Å². The van der Waals surface area contributed by atoms with Crippen LogP contribution in [0.15, 0.2) is 66.7 Å². The third-order valence-electron chi connectivity index (χ3n) is 6.29. The number of aromatic nitrogens is 2. The first-order valence-corrected chi connectivity index (χ1v) is 11.9. The monoisotopic (exact) mass is 482 g/mol. The molecule has 1 aromatic heterocycles. The van der Waals surface area contributed by atoms with Crippen LogP contribution in [0.2, 0.25) is 0 Å². The zero-order valence-corrected chi connectivity index (χ0v) is 20.3. The van der Waals surface area contributed by atoms with E-state index in [-0.39, 0.29) is 23.1 Å². The van der Waals surface area contributed by atoms with Crippen LogP contribution in [0.5, 0.6) is 5.75 Å². The highest BCUT2D eigenvalue weighted by molar-refractivity contribution is 6.34. The maximum absolute atomic E-state index is 13.1. The number of carbonyl (C=O) groups excluding carboxylic acids is 3. The Kier molecular flexibility index (Phi) is 6.01. The maximum atomic E-state index is 13.1. The van der Waals surface area contributed by atoms with E-state index in [1.807, 2.05) is 45.0 Å². The minimum absolute atomic E-state index is 0.204. The van der Waals surface area contributed by atoms with Crippen molar-refractivity contribution >= 4 is 34.4 Å². The molecule has 36 heavy (non-hydrogen) atoms. The van der Waals surface area contributed by atoms with Crippen LogP contribution in [-0.2, 0) is 6.54 Å². The average Bonchev–Trinajstić information content (AvgIpc) is 3.39. The lowest BCUT2D eigenvalue weighted by atomic mass is 10.0. The van der Waals surface area contributed by atoms with E-state index in [2.05, 4.69) is 9.88 Å². The molecule has 4 aromatic rings. The van der Waals surface area contributed by atoms with Crippen LogP contribution in [0.25, 0.3) is 11.0 Å². The number of imide groups is 1. The molecule has 1 aliphatic heterocycles. The van der Waals surface area contributed by atoms with Gasteiger partial charge in [-0.3, -0.25) is 14.4 Å². The summed E-state index contributed by atoms with van der Waals surface area (Å²) in [6.07, 6.45) is 0. The van der Waals surface area contributed by atoms with Crippen LogP contribution in [-0.4, -0.2) is 33.9 Å². The smallest absolute Gasteiger partial charge is 0.266 e. The number of imidazole rings is 1. The van der Waals surface area contributed by atoms with Gasteiger partial charge in [0.25, 0.3) is 17.7 Å². The van der Waals surface area contributed by atoms with E-state index in [9.17, 15) is 14.4 Å². The summed E-state index contributed by atoms with van der Waals surface area (Å²) in [7, 11) is 0. The molecular formula is C28H26N4O4. The van der Waals surface area contributed by atoms with Crippen molar-refractivity contribution in [2.45, 2.75) is 33.4 Å². The van der Waals surface area contributed by atoms with Gasteiger partial charge in [0.1, 0.15) is 11.6 Å². The van der Waals surface area contributed by atoms with E-state index in [1.165, 1.54) is 12.1 Å². The Hall–Kier alpha value is -4.46. The number of fused-ring (bicyclic) bond motifs is 2. The largest absolute Gasteiger partial charge is 0.494 e. The summed E-state index contributed by atoms with van der Waals surface area (Å²) in [6.45, 7) is 7.03. The predicted octanol–water partition coefficient (Wildman–Crippen LogP) is 4.75. The number of hydrogen-bond donors (Lipinski definition) is 1. The van der Waals surface area contributed by atoms with Gasteiger partial charge in [-0.1, -0.05) is 12.1 Å². The Bertz CT molecular complexity index is 1490. The van der Waals surface area contributed by atoms with Gasteiger partial charge in [0.15, 0.2) is 0 Å². The van der Waals surface area contributed by atoms with E-state index in [4.69, 9.17) is 9.72 Å².